The van der Waals surface area contributed by atoms with Gasteiger partial charge in [0, 0.05) is 21.2 Å². The van der Waals surface area contributed by atoms with E-state index in [4.69, 9.17) is 28.9 Å². The number of rotatable bonds is 4. The minimum absolute atomic E-state index is 0.0245. The molecular formula is C14H11Cl2NOS. The summed E-state index contributed by atoms with van der Waals surface area (Å²) in [4.78, 5) is 13.0. The predicted octanol–water partition coefficient (Wildman–Crippen LogP) is 4.55. The van der Waals surface area contributed by atoms with Crippen LogP contribution in [0.2, 0.25) is 10.0 Å². The van der Waals surface area contributed by atoms with Gasteiger partial charge in [0.1, 0.15) is 0 Å². The Bertz CT molecular complexity index is 599. The first kappa shape index (κ1) is 14.3. The van der Waals surface area contributed by atoms with Gasteiger partial charge < -0.3 is 5.73 Å². The SMILES string of the molecule is Nc1ccc(SCC(=O)c2ccc(Cl)cc2Cl)cc1. The monoisotopic (exact) mass is 311 g/mol. The molecule has 0 bridgehead atoms. The molecule has 5 heteroatoms. The summed E-state index contributed by atoms with van der Waals surface area (Å²) in [5, 5.41) is 0.906. The van der Waals surface area contributed by atoms with E-state index in [0.29, 0.717) is 27.0 Å². The van der Waals surface area contributed by atoms with E-state index in [0.717, 1.165) is 4.90 Å². The number of thioether (sulfide) groups is 1. The molecule has 0 heterocycles. The molecule has 0 atom stereocenters. The van der Waals surface area contributed by atoms with Gasteiger partial charge in [0.05, 0.1) is 10.8 Å². The Hall–Kier alpha value is -1.16. The first-order valence-electron chi connectivity index (χ1n) is 5.53. The Balaban J connectivity index is 2.03. The van der Waals surface area contributed by atoms with Crippen LogP contribution in [0.25, 0.3) is 0 Å². The second-order valence-corrected chi connectivity index (χ2v) is 5.80. The van der Waals surface area contributed by atoms with E-state index in [1.807, 2.05) is 24.3 Å². The first-order chi connectivity index (χ1) is 9.06. The number of halogens is 2. The van der Waals surface area contributed by atoms with E-state index in [-0.39, 0.29) is 5.78 Å². The fourth-order valence-electron chi connectivity index (χ4n) is 1.51. The number of carbonyl (C=O) groups excluding carboxylic acids is 1. The highest BCUT2D eigenvalue weighted by Gasteiger charge is 2.11. The summed E-state index contributed by atoms with van der Waals surface area (Å²) in [5.41, 5.74) is 6.80. The molecule has 0 radical (unpaired) electrons. The van der Waals surface area contributed by atoms with E-state index >= 15 is 0 Å². The first-order valence-corrected chi connectivity index (χ1v) is 7.27. The lowest BCUT2D eigenvalue weighted by atomic mass is 10.1. The van der Waals surface area contributed by atoms with Crippen molar-refractivity contribution in [1.29, 1.82) is 0 Å². The van der Waals surface area contributed by atoms with Crippen LogP contribution < -0.4 is 5.73 Å². The van der Waals surface area contributed by atoms with Crippen LogP contribution in [0, 0.1) is 0 Å². The van der Waals surface area contributed by atoms with Gasteiger partial charge in [-0.05, 0) is 42.5 Å². The standard InChI is InChI=1S/C14H11Cl2NOS/c15-9-1-6-12(13(16)7-9)14(18)8-19-11-4-2-10(17)3-5-11/h1-7H,8,17H2. The molecule has 0 aliphatic heterocycles. The molecule has 2 aromatic carbocycles. The van der Waals surface area contributed by atoms with Gasteiger partial charge in [0.2, 0.25) is 0 Å². The molecule has 19 heavy (non-hydrogen) atoms. The second-order valence-electron chi connectivity index (χ2n) is 3.91. The molecule has 0 aromatic heterocycles. The van der Waals surface area contributed by atoms with Crippen LogP contribution in [0.3, 0.4) is 0 Å². The summed E-state index contributed by atoms with van der Waals surface area (Å²) >= 11 is 13.2. The molecule has 98 valence electrons. The highest BCUT2D eigenvalue weighted by atomic mass is 35.5. The summed E-state index contributed by atoms with van der Waals surface area (Å²) < 4.78 is 0. The smallest absolute Gasteiger partial charge is 0.174 e. The number of carbonyl (C=O) groups is 1. The number of hydrogen-bond donors (Lipinski definition) is 1. The topological polar surface area (TPSA) is 43.1 Å². The number of ketones is 1. The van der Waals surface area contributed by atoms with Crippen molar-refractivity contribution < 1.29 is 4.79 Å². The average molecular weight is 312 g/mol. The number of benzene rings is 2. The summed E-state index contributed by atoms with van der Waals surface area (Å²) in [7, 11) is 0. The maximum absolute atomic E-state index is 12.0. The Labute approximate surface area is 125 Å². The normalized spacial score (nSPS) is 10.4. The molecular weight excluding hydrogens is 301 g/mol. The fraction of sp³-hybridized carbons (Fsp3) is 0.0714. The summed E-state index contributed by atoms with van der Waals surface area (Å²) in [6.45, 7) is 0. The Morgan fingerprint density at radius 1 is 1.11 bits per heavy atom. The van der Waals surface area contributed by atoms with E-state index in [1.165, 1.54) is 11.8 Å². The lowest BCUT2D eigenvalue weighted by molar-refractivity contribution is 0.102. The van der Waals surface area contributed by atoms with Crippen molar-refractivity contribution in [1.82, 2.24) is 0 Å². The van der Waals surface area contributed by atoms with E-state index in [9.17, 15) is 4.79 Å². The Morgan fingerprint density at radius 2 is 1.79 bits per heavy atom. The van der Waals surface area contributed by atoms with Crippen LogP contribution in [0.4, 0.5) is 5.69 Å². The largest absolute Gasteiger partial charge is 0.399 e. The van der Waals surface area contributed by atoms with Crippen molar-refractivity contribution in [2.45, 2.75) is 4.90 Å². The minimum atomic E-state index is -0.0245. The van der Waals surface area contributed by atoms with Crippen molar-refractivity contribution in [3.63, 3.8) is 0 Å². The zero-order valence-corrected chi connectivity index (χ0v) is 12.2. The van der Waals surface area contributed by atoms with Crippen molar-refractivity contribution in [3.8, 4) is 0 Å². The molecule has 0 aliphatic rings. The summed E-state index contributed by atoms with van der Waals surface area (Å²) in [6, 6.07) is 12.3. The molecule has 2 rings (SSSR count). The molecule has 0 aliphatic carbocycles. The van der Waals surface area contributed by atoms with Crippen LogP contribution in [-0.2, 0) is 0 Å². The number of hydrogen-bond acceptors (Lipinski definition) is 3. The molecule has 0 saturated heterocycles. The van der Waals surface area contributed by atoms with E-state index in [1.54, 1.807) is 18.2 Å². The van der Waals surface area contributed by atoms with Crippen LogP contribution in [-0.4, -0.2) is 11.5 Å². The lowest BCUT2D eigenvalue weighted by Crippen LogP contribution is -2.03. The van der Waals surface area contributed by atoms with E-state index in [2.05, 4.69) is 0 Å². The molecule has 0 unspecified atom stereocenters. The highest BCUT2D eigenvalue weighted by Crippen LogP contribution is 2.25. The number of nitrogen functional groups attached to an aromatic ring is 1. The maximum atomic E-state index is 12.0. The van der Waals surface area contributed by atoms with Crippen molar-refractivity contribution >= 4 is 46.4 Å². The zero-order valence-electron chi connectivity index (χ0n) is 9.90. The summed E-state index contributed by atoms with van der Waals surface area (Å²) in [5.74, 6) is 0.300. The lowest BCUT2D eigenvalue weighted by Gasteiger charge is -2.04. The fourth-order valence-corrected chi connectivity index (χ4v) is 2.80. The van der Waals surface area contributed by atoms with Gasteiger partial charge in [-0.3, -0.25) is 4.79 Å². The quantitative estimate of drug-likeness (QED) is 0.511. The average Bonchev–Trinajstić information content (AvgIpc) is 2.37. The van der Waals surface area contributed by atoms with E-state index < -0.39 is 0 Å². The number of anilines is 1. The molecule has 0 fully saturated rings. The van der Waals surface area contributed by atoms with Crippen molar-refractivity contribution in [3.05, 3.63) is 58.1 Å². The number of Topliss-reactive ketones (excluding diaryl/α,β-unsaturated/α-hetero) is 1. The molecule has 2 aromatic rings. The van der Waals surface area contributed by atoms with Crippen LogP contribution in [0.1, 0.15) is 10.4 Å². The molecule has 0 saturated carbocycles. The van der Waals surface area contributed by atoms with Gasteiger partial charge in [-0.2, -0.15) is 0 Å². The maximum Gasteiger partial charge on any atom is 0.174 e. The van der Waals surface area contributed by atoms with Gasteiger partial charge in [-0.1, -0.05) is 23.2 Å². The van der Waals surface area contributed by atoms with Gasteiger partial charge in [0.15, 0.2) is 5.78 Å². The molecule has 0 amide bonds. The third-order valence-electron chi connectivity index (χ3n) is 2.48. The second kappa shape index (κ2) is 6.33. The zero-order chi connectivity index (χ0) is 13.8. The Morgan fingerprint density at radius 3 is 2.42 bits per heavy atom. The van der Waals surface area contributed by atoms with Gasteiger partial charge in [-0.25, -0.2) is 0 Å². The third kappa shape index (κ3) is 3.90. The predicted molar refractivity (Wildman–Crippen MR) is 82.4 cm³/mol. The van der Waals surface area contributed by atoms with Crippen LogP contribution in [0.5, 0.6) is 0 Å². The third-order valence-corrected chi connectivity index (χ3v) is 4.04. The van der Waals surface area contributed by atoms with Crippen molar-refractivity contribution in [2.75, 3.05) is 11.5 Å². The van der Waals surface area contributed by atoms with Crippen LogP contribution in [0.15, 0.2) is 47.4 Å². The van der Waals surface area contributed by atoms with Crippen molar-refractivity contribution in [2.24, 2.45) is 0 Å². The van der Waals surface area contributed by atoms with Crippen LogP contribution >= 0.6 is 35.0 Å². The van der Waals surface area contributed by atoms with Gasteiger partial charge >= 0.3 is 0 Å². The minimum Gasteiger partial charge on any atom is -0.399 e. The Kier molecular flexibility index (Phi) is 4.75. The van der Waals surface area contributed by atoms with Gasteiger partial charge in [0.25, 0.3) is 0 Å². The van der Waals surface area contributed by atoms with Gasteiger partial charge in [-0.15, -0.1) is 11.8 Å². The highest BCUT2D eigenvalue weighted by molar-refractivity contribution is 8.00. The summed E-state index contributed by atoms with van der Waals surface area (Å²) in [6.07, 6.45) is 0. The molecule has 0 spiro atoms. The number of nitrogens with two attached hydrogens (primary N) is 1. The molecule has 2 nitrogen and oxygen atoms in total. The molecule has 2 N–H and O–H groups in total.